The van der Waals surface area contributed by atoms with Crippen molar-refractivity contribution in [2.45, 2.75) is 52.0 Å². The average Bonchev–Trinajstić information content (AvgIpc) is 2.72. The molecule has 1 aliphatic rings. The maximum atomic E-state index is 12.1. The molecule has 1 heterocycles. The van der Waals surface area contributed by atoms with E-state index in [0.29, 0.717) is 25.4 Å². The number of nitrogens with two attached hydrogens (primary N) is 1. The van der Waals surface area contributed by atoms with Gasteiger partial charge in [0.15, 0.2) is 0 Å². The molecule has 0 unspecified atom stereocenters. The first-order valence-electron chi connectivity index (χ1n) is 6.80. The summed E-state index contributed by atoms with van der Waals surface area (Å²) in [7, 11) is 0. The number of nitrogens with zero attached hydrogens (tertiary/aromatic N) is 2. The van der Waals surface area contributed by atoms with Crippen LogP contribution in [-0.2, 0) is 11.2 Å². The zero-order valence-corrected chi connectivity index (χ0v) is 11.4. The maximum absolute atomic E-state index is 12.1. The van der Waals surface area contributed by atoms with Crippen molar-refractivity contribution in [2.24, 2.45) is 11.1 Å². The first kappa shape index (κ1) is 13.3. The third-order valence-electron chi connectivity index (χ3n) is 3.99. The summed E-state index contributed by atoms with van der Waals surface area (Å²) in [5, 5.41) is 4.41. The molecule has 1 aromatic rings. The van der Waals surface area contributed by atoms with Crippen molar-refractivity contribution in [3.8, 4) is 0 Å². The minimum absolute atomic E-state index is 0.109. The molecule has 2 rings (SSSR count). The molecule has 4 nitrogen and oxygen atoms in total. The molecule has 2 N–H and O–H groups in total. The highest BCUT2D eigenvalue weighted by Crippen LogP contribution is 2.43. The van der Waals surface area contributed by atoms with Crippen LogP contribution in [0.5, 0.6) is 0 Å². The summed E-state index contributed by atoms with van der Waals surface area (Å²) in [6, 6.07) is 2.28. The maximum Gasteiger partial charge on any atom is 0.139 e. The van der Waals surface area contributed by atoms with Gasteiger partial charge in [0.25, 0.3) is 0 Å². The molecule has 100 valence electrons. The Hall–Kier alpha value is -1.16. The smallest absolute Gasteiger partial charge is 0.139 e. The standard InChI is InChI=1S/C14H23N3O/c1-11(2)17-7-4-12(16-17)8-13(18)9-14(10-15)5-3-6-14/h4,7,11H,3,5-6,8-10,15H2,1-2H3. The van der Waals surface area contributed by atoms with Gasteiger partial charge in [-0.15, -0.1) is 0 Å². The monoisotopic (exact) mass is 249 g/mol. The van der Waals surface area contributed by atoms with E-state index in [0.717, 1.165) is 18.5 Å². The number of hydrogen-bond acceptors (Lipinski definition) is 3. The fourth-order valence-corrected chi connectivity index (χ4v) is 2.57. The van der Waals surface area contributed by atoms with Crippen molar-refractivity contribution in [2.75, 3.05) is 6.54 Å². The van der Waals surface area contributed by atoms with E-state index >= 15 is 0 Å². The largest absolute Gasteiger partial charge is 0.330 e. The van der Waals surface area contributed by atoms with Gasteiger partial charge in [0, 0.05) is 18.7 Å². The van der Waals surface area contributed by atoms with Gasteiger partial charge in [0.1, 0.15) is 5.78 Å². The van der Waals surface area contributed by atoms with E-state index in [2.05, 4.69) is 18.9 Å². The predicted octanol–water partition coefficient (Wildman–Crippen LogP) is 2.09. The summed E-state index contributed by atoms with van der Waals surface area (Å²) in [6.45, 7) is 4.80. The quantitative estimate of drug-likeness (QED) is 0.839. The van der Waals surface area contributed by atoms with Crippen LogP contribution in [0.2, 0.25) is 0 Å². The molecular weight excluding hydrogens is 226 g/mol. The molecule has 0 radical (unpaired) electrons. The van der Waals surface area contributed by atoms with Crippen molar-refractivity contribution in [3.05, 3.63) is 18.0 Å². The van der Waals surface area contributed by atoms with E-state index in [9.17, 15) is 4.79 Å². The SMILES string of the molecule is CC(C)n1ccc(CC(=O)CC2(CN)CCC2)n1. The fraction of sp³-hybridized carbons (Fsp3) is 0.714. The van der Waals surface area contributed by atoms with Gasteiger partial charge in [0.2, 0.25) is 0 Å². The number of aromatic nitrogens is 2. The van der Waals surface area contributed by atoms with Gasteiger partial charge in [-0.3, -0.25) is 9.48 Å². The van der Waals surface area contributed by atoms with Crippen LogP contribution in [0.3, 0.4) is 0 Å². The molecule has 0 aliphatic heterocycles. The van der Waals surface area contributed by atoms with E-state index in [1.165, 1.54) is 6.42 Å². The predicted molar refractivity (Wildman–Crippen MR) is 71.3 cm³/mol. The van der Waals surface area contributed by atoms with Crippen molar-refractivity contribution >= 4 is 5.78 Å². The van der Waals surface area contributed by atoms with Gasteiger partial charge >= 0.3 is 0 Å². The third kappa shape index (κ3) is 2.80. The van der Waals surface area contributed by atoms with Gasteiger partial charge in [0.05, 0.1) is 12.1 Å². The molecule has 0 amide bonds. The summed E-state index contributed by atoms with van der Waals surface area (Å²) in [5.74, 6) is 0.272. The van der Waals surface area contributed by atoms with Crippen molar-refractivity contribution in [1.82, 2.24) is 9.78 Å². The zero-order chi connectivity index (χ0) is 13.2. The number of carbonyl (C=O) groups excluding carboxylic acids is 1. The second-order valence-electron chi connectivity index (χ2n) is 5.83. The number of carbonyl (C=O) groups is 1. The Morgan fingerprint density at radius 3 is 2.72 bits per heavy atom. The minimum Gasteiger partial charge on any atom is -0.330 e. The minimum atomic E-state index is 0.109. The molecule has 1 saturated carbocycles. The van der Waals surface area contributed by atoms with Crippen LogP contribution in [0.4, 0.5) is 0 Å². The first-order valence-corrected chi connectivity index (χ1v) is 6.80. The van der Waals surface area contributed by atoms with Crippen LogP contribution in [0.15, 0.2) is 12.3 Å². The Morgan fingerprint density at radius 2 is 2.28 bits per heavy atom. The molecular formula is C14H23N3O. The van der Waals surface area contributed by atoms with E-state index in [4.69, 9.17) is 5.73 Å². The second-order valence-corrected chi connectivity index (χ2v) is 5.83. The number of hydrogen-bond donors (Lipinski definition) is 1. The average molecular weight is 249 g/mol. The Bertz CT molecular complexity index is 413. The Kier molecular flexibility index (Phi) is 3.85. The molecule has 1 aromatic heterocycles. The molecule has 18 heavy (non-hydrogen) atoms. The van der Waals surface area contributed by atoms with Crippen LogP contribution < -0.4 is 5.73 Å². The number of ketones is 1. The summed E-state index contributed by atoms with van der Waals surface area (Å²) < 4.78 is 1.89. The lowest BCUT2D eigenvalue weighted by molar-refractivity contribution is -0.122. The Morgan fingerprint density at radius 1 is 1.56 bits per heavy atom. The van der Waals surface area contributed by atoms with Crippen LogP contribution in [0.1, 0.15) is 51.3 Å². The molecule has 0 spiro atoms. The van der Waals surface area contributed by atoms with Crippen molar-refractivity contribution < 1.29 is 4.79 Å². The van der Waals surface area contributed by atoms with Crippen molar-refractivity contribution in [3.63, 3.8) is 0 Å². The highest BCUT2D eigenvalue weighted by Gasteiger charge is 2.37. The second kappa shape index (κ2) is 5.22. The van der Waals surface area contributed by atoms with Gasteiger partial charge in [-0.05, 0) is 44.7 Å². The normalized spacial score (nSPS) is 17.8. The molecule has 4 heteroatoms. The summed E-state index contributed by atoms with van der Waals surface area (Å²) >= 11 is 0. The highest BCUT2D eigenvalue weighted by molar-refractivity contribution is 5.81. The highest BCUT2D eigenvalue weighted by atomic mass is 16.1. The topological polar surface area (TPSA) is 60.9 Å². The van der Waals surface area contributed by atoms with Crippen LogP contribution in [-0.4, -0.2) is 22.1 Å². The fourth-order valence-electron chi connectivity index (χ4n) is 2.57. The van der Waals surface area contributed by atoms with E-state index < -0.39 is 0 Å². The zero-order valence-electron chi connectivity index (χ0n) is 11.4. The molecule has 0 bridgehead atoms. The van der Waals surface area contributed by atoms with E-state index in [-0.39, 0.29) is 11.2 Å². The van der Waals surface area contributed by atoms with Crippen LogP contribution in [0, 0.1) is 5.41 Å². The van der Waals surface area contributed by atoms with Gasteiger partial charge in [-0.2, -0.15) is 5.10 Å². The molecule has 1 aliphatic carbocycles. The number of rotatable bonds is 6. The lowest BCUT2D eigenvalue weighted by atomic mass is 9.66. The summed E-state index contributed by atoms with van der Waals surface area (Å²) in [5.41, 5.74) is 6.77. The third-order valence-corrected chi connectivity index (χ3v) is 3.99. The van der Waals surface area contributed by atoms with Crippen molar-refractivity contribution in [1.29, 1.82) is 0 Å². The molecule has 1 fully saturated rings. The van der Waals surface area contributed by atoms with Gasteiger partial charge < -0.3 is 5.73 Å². The van der Waals surface area contributed by atoms with E-state index in [1.807, 2.05) is 16.9 Å². The van der Waals surface area contributed by atoms with Crippen LogP contribution in [0.25, 0.3) is 0 Å². The molecule has 0 aromatic carbocycles. The Balaban J connectivity index is 1.90. The van der Waals surface area contributed by atoms with Gasteiger partial charge in [-0.25, -0.2) is 0 Å². The lowest BCUT2D eigenvalue weighted by Crippen LogP contribution is -2.39. The summed E-state index contributed by atoms with van der Waals surface area (Å²) in [4.78, 5) is 12.1. The van der Waals surface area contributed by atoms with Gasteiger partial charge in [-0.1, -0.05) is 6.42 Å². The first-order chi connectivity index (χ1) is 8.54. The van der Waals surface area contributed by atoms with Crippen LogP contribution >= 0.6 is 0 Å². The Labute approximate surface area is 109 Å². The van der Waals surface area contributed by atoms with E-state index in [1.54, 1.807) is 0 Å². The summed E-state index contributed by atoms with van der Waals surface area (Å²) in [6.07, 6.45) is 6.44. The molecule has 0 saturated heterocycles. The number of Topliss-reactive ketones (excluding diaryl/α,β-unsaturated/α-hetero) is 1. The lowest BCUT2D eigenvalue weighted by Gasteiger charge is -2.40. The molecule has 0 atom stereocenters.